The Labute approximate surface area is 188 Å². The number of benzene rings is 1. The highest BCUT2D eigenvalue weighted by atomic mass is 19.4. The van der Waals surface area contributed by atoms with Gasteiger partial charge in [-0.1, -0.05) is 0 Å². The van der Waals surface area contributed by atoms with E-state index in [9.17, 15) is 26.3 Å². The van der Waals surface area contributed by atoms with Crippen LogP contribution in [0.4, 0.5) is 26.3 Å². The minimum atomic E-state index is -4.72. The van der Waals surface area contributed by atoms with Crippen LogP contribution in [-0.2, 0) is 12.8 Å². The molecular weight excluding hydrogens is 466 g/mol. The first-order valence-corrected chi connectivity index (χ1v) is 9.56. The van der Waals surface area contributed by atoms with E-state index in [4.69, 9.17) is 9.47 Å². The molecule has 34 heavy (non-hydrogen) atoms. The first-order chi connectivity index (χ1) is 16.2. The number of aromatic nitrogens is 4. The van der Waals surface area contributed by atoms with Crippen LogP contribution in [0.1, 0.15) is 11.3 Å². The van der Waals surface area contributed by atoms with Crippen molar-refractivity contribution in [3.8, 4) is 34.1 Å². The van der Waals surface area contributed by atoms with Crippen LogP contribution in [0.5, 0.6) is 11.5 Å². The van der Waals surface area contributed by atoms with Gasteiger partial charge in [0.1, 0.15) is 41.1 Å². The fraction of sp³-hybridized carbons (Fsp3) is 0.136. The van der Waals surface area contributed by atoms with Crippen molar-refractivity contribution in [2.45, 2.75) is 12.8 Å². The number of pyridine rings is 2. The lowest BCUT2D eigenvalue weighted by Gasteiger charge is -2.12. The molecule has 0 fully saturated rings. The number of aromatic amines is 1. The van der Waals surface area contributed by atoms with Gasteiger partial charge in [0.2, 0.25) is 11.9 Å². The summed E-state index contributed by atoms with van der Waals surface area (Å²) < 4.78 is 90.2. The van der Waals surface area contributed by atoms with Gasteiger partial charge >= 0.3 is 6.18 Å². The maximum absolute atomic E-state index is 14.6. The van der Waals surface area contributed by atoms with E-state index in [-0.39, 0.29) is 34.3 Å². The molecule has 0 aliphatic rings. The molecule has 1 aromatic carbocycles. The smallest absolute Gasteiger partial charge is 0.417 e. The molecule has 6 nitrogen and oxygen atoms in total. The number of nitrogens with zero attached hydrogens (tertiary/aromatic N) is 3. The van der Waals surface area contributed by atoms with Gasteiger partial charge in [-0.2, -0.15) is 22.0 Å². The molecule has 1 N–H and O–H groups in total. The molecule has 0 saturated heterocycles. The van der Waals surface area contributed by atoms with E-state index >= 15 is 0 Å². The number of ether oxygens (including phenoxy) is 2. The highest BCUT2D eigenvalue weighted by Crippen LogP contribution is 2.35. The van der Waals surface area contributed by atoms with E-state index in [2.05, 4.69) is 19.9 Å². The molecule has 3 aromatic heterocycles. The summed E-state index contributed by atoms with van der Waals surface area (Å²) in [6.45, 7) is -0.453. The second-order valence-corrected chi connectivity index (χ2v) is 6.92. The lowest BCUT2D eigenvalue weighted by molar-refractivity contribution is -0.138. The molecule has 176 valence electrons. The Morgan fingerprint density at radius 3 is 2.41 bits per heavy atom. The summed E-state index contributed by atoms with van der Waals surface area (Å²) in [6.07, 6.45) is -3.01. The van der Waals surface area contributed by atoms with E-state index < -0.39 is 36.1 Å². The van der Waals surface area contributed by atoms with Crippen molar-refractivity contribution in [1.82, 2.24) is 19.9 Å². The molecular formula is C22H14F6N4O2. The fourth-order valence-electron chi connectivity index (χ4n) is 3.02. The van der Waals surface area contributed by atoms with Crippen molar-refractivity contribution in [3.05, 3.63) is 77.8 Å². The number of rotatable bonds is 6. The Bertz CT molecular complexity index is 1320. The number of H-pyrrole nitrogens is 1. The van der Waals surface area contributed by atoms with Crippen molar-refractivity contribution in [2.24, 2.45) is 0 Å². The highest BCUT2D eigenvalue weighted by Gasteiger charge is 2.32. The molecule has 0 saturated carbocycles. The second-order valence-electron chi connectivity index (χ2n) is 6.92. The number of nitrogens with one attached hydrogen (secondary N) is 1. The van der Waals surface area contributed by atoms with E-state index in [1.54, 1.807) is 0 Å². The maximum Gasteiger partial charge on any atom is 0.417 e. The van der Waals surface area contributed by atoms with E-state index in [0.717, 1.165) is 6.07 Å². The zero-order chi connectivity index (χ0) is 24.5. The van der Waals surface area contributed by atoms with Crippen molar-refractivity contribution in [3.63, 3.8) is 0 Å². The fourth-order valence-corrected chi connectivity index (χ4v) is 3.02. The summed E-state index contributed by atoms with van der Waals surface area (Å²) in [5, 5.41) is 0. The first-order valence-electron chi connectivity index (χ1n) is 9.56. The number of hydrogen-bond donors (Lipinski definition) is 1. The Kier molecular flexibility index (Phi) is 6.14. The molecule has 0 aliphatic carbocycles. The van der Waals surface area contributed by atoms with Gasteiger partial charge in [-0.25, -0.2) is 14.4 Å². The van der Waals surface area contributed by atoms with Crippen molar-refractivity contribution < 1.29 is 35.8 Å². The summed E-state index contributed by atoms with van der Waals surface area (Å²) in [5.41, 5.74) is -1.01. The Hall–Kier alpha value is -4.09. The predicted molar refractivity (Wildman–Crippen MR) is 107 cm³/mol. The first kappa shape index (κ1) is 23.1. The van der Waals surface area contributed by atoms with Crippen LogP contribution in [0.25, 0.3) is 22.6 Å². The minimum Gasteiger partial charge on any atom is -0.496 e. The molecule has 12 heteroatoms. The van der Waals surface area contributed by atoms with Gasteiger partial charge in [0.05, 0.1) is 12.7 Å². The molecule has 0 radical (unpaired) electrons. The number of halogens is 6. The third-order valence-electron chi connectivity index (χ3n) is 4.71. The zero-order valence-electron chi connectivity index (χ0n) is 17.3. The summed E-state index contributed by atoms with van der Waals surface area (Å²) in [4.78, 5) is 13.6. The van der Waals surface area contributed by atoms with E-state index in [1.807, 2.05) is 0 Å². The summed E-state index contributed by atoms with van der Waals surface area (Å²) >= 11 is 0. The molecule has 4 rings (SSSR count). The van der Waals surface area contributed by atoms with E-state index in [1.165, 1.54) is 37.6 Å². The highest BCUT2D eigenvalue weighted by molar-refractivity contribution is 5.71. The molecule has 0 bridgehead atoms. The van der Waals surface area contributed by atoms with Gasteiger partial charge < -0.3 is 14.5 Å². The quantitative estimate of drug-likeness (QED) is 0.289. The number of alkyl halides is 3. The van der Waals surface area contributed by atoms with Crippen LogP contribution < -0.4 is 9.47 Å². The minimum absolute atomic E-state index is 0.0850. The van der Waals surface area contributed by atoms with Gasteiger partial charge in [-0.15, -0.1) is 0 Å². The van der Waals surface area contributed by atoms with Gasteiger partial charge in [0, 0.05) is 29.6 Å². The van der Waals surface area contributed by atoms with Gasteiger partial charge in [0.15, 0.2) is 0 Å². The molecule has 0 spiro atoms. The van der Waals surface area contributed by atoms with Crippen molar-refractivity contribution >= 4 is 0 Å². The molecule has 4 aromatic rings. The van der Waals surface area contributed by atoms with Crippen molar-refractivity contribution in [2.75, 3.05) is 7.11 Å². The predicted octanol–water partition coefficient (Wildman–Crippen LogP) is 5.56. The summed E-state index contributed by atoms with van der Waals surface area (Å²) in [6, 6.07) is 7.07. The molecule has 3 heterocycles. The largest absolute Gasteiger partial charge is 0.496 e. The maximum atomic E-state index is 14.6. The third-order valence-corrected chi connectivity index (χ3v) is 4.71. The van der Waals surface area contributed by atoms with Crippen molar-refractivity contribution in [1.29, 1.82) is 0 Å². The number of imidazole rings is 1. The molecule has 0 aliphatic heterocycles. The number of hydrogen-bond acceptors (Lipinski definition) is 5. The topological polar surface area (TPSA) is 72.9 Å². The third kappa shape index (κ3) is 4.80. The summed E-state index contributed by atoms with van der Waals surface area (Å²) in [5.74, 6) is -2.19. The van der Waals surface area contributed by atoms with Gasteiger partial charge in [-0.3, -0.25) is 4.98 Å². The normalized spacial score (nSPS) is 11.5. The SMILES string of the molecule is COc1cc(OCc2ncc(C(F)(F)F)cc2F)ccc1-c1nc(-c2ccc(F)nc2)[nH]c1F. The Balaban J connectivity index is 1.55. The van der Waals surface area contributed by atoms with Crippen LogP contribution in [0.3, 0.4) is 0 Å². The van der Waals surface area contributed by atoms with Crippen LogP contribution >= 0.6 is 0 Å². The summed E-state index contributed by atoms with van der Waals surface area (Å²) in [7, 11) is 1.33. The lowest BCUT2D eigenvalue weighted by Crippen LogP contribution is -2.09. The van der Waals surface area contributed by atoms with Crippen LogP contribution in [-0.4, -0.2) is 27.0 Å². The molecule has 0 unspecified atom stereocenters. The average Bonchev–Trinajstić information content (AvgIpc) is 3.19. The van der Waals surface area contributed by atoms with Gasteiger partial charge in [-0.05, 0) is 30.3 Å². The molecule has 0 atom stereocenters. The lowest BCUT2D eigenvalue weighted by atomic mass is 10.1. The number of methoxy groups -OCH3 is 1. The standard InChI is InChI=1S/C22H14F6N4O2/c1-33-17-7-13(34-10-16-15(23)6-12(9-29-16)22(26,27)28)3-4-14(17)19-20(25)32-21(31-19)11-2-5-18(24)30-8-11/h2-9H,10H2,1H3,(H,31,32). The van der Waals surface area contributed by atoms with Gasteiger partial charge in [0.25, 0.3) is 0 Å². The van der Waals surface area contributed by atoms with Crippen LogP contribution in [0, 0.1) is 17.7 Å². The second kappa shape index (κ2) is 9.04. The van der Waals surface area contributed by atoms with Crippen LogP contribution in [0.15, 0.2) is 48.8 Å². The van der Waals surface area contributed by atoms with Crippen LogP contribution in [0.2, 0.25) is 0 Å². The van der Waals surface area contributed by atoms with E-state index in [0.29, 0.717) is 17.8 Å². The Morgan fingerprint density at radius 1 is 0.971 bits per heavy atom. The zero-order valence-corrected chi connectivity index (χ0v) is 17.3. The molecule has 0 amide bonds. The average molecular weight is 480 g/mol. The monoisotopic (exact) mass is 480 g/mol. The Morgan fingerprint density at radius 2 is 1.76 bits per heavy atom.